The van der Waals surface area contributed by atoms with Gasteiger partial charge in [0.2, 0.25) is 10.0 Å². The number of nitrogens with zero attached hydrogens (tertiary/aromatic N) is 2. The molecular weight excluding hydrogens is 240 g/mol. The Bertz CT molecular complexity index is 375. The van der Waals surface area contributed by atoms with Gasteiger partial charge < -0.3 is 5.11 Å². The van der Waals surface area contributed by atoms with Crippen LogP contribution in [0.1, 0.15) is 39.0 Å². The van der Waals surface area contributed by atoms with Gasteiger partial charge in [0.1, 0.15) is 0 Å². The van der Waals surface area contributed by atoms with Crippen LogP contribution in [0.15, 0.2) is 0 Å². The minimum atomic E-state index is -3.60. The maximum absolute atomic E-state index is 12.3. The summed E-state index contributed by atoms with van der Waals surface area (Å²) in [5.74, 6) is 0. The lowest BCUT2D eigenvalue weighted by Crippen LogP contribution is -2.46. The standard InChI is InChI=1S/C11H20N2O3S/c1-2-11(8-12)17(15,16)13-7-5-3-4-6-10(13)9-14/h10-11,14H,2-7,9H2,1H3. The highest BCUT2D eigenvalue weighted by Gasteiger charge is 2.36. The summed E-state index contributed by atoms with van der Waals surface area (Å²) in [4.78, 5) is 0. The second-order valence-electron chi connectivity index (χ2n) is 4.37. The summed E-state index contributed by atoms with van der Waals surface area (Å²) in [6.07, 6.45) is 3.68. The van der Waals surface area contributed by atoms with Gasteiger partial charge in [-0.2, -0.15) is 9.57 Å². The molecule has 0 aliphatic carbocycles. The average Bonchev–Trinajstić information content (AvgIpc) is 2.55. The highest BCUT2D eigenvalue weighted by Crippen LogP contribution is 2.23. The fraction of sp³-hybridized carbons (Fsp3) is 0.909. The van der Waals surface area contributed by atoms with E-state index >= 15 is 0 Å². The molecule has 1 aliphatic rings. The van der Waals surface area contributed by atoms with E-state index in [1.54, 1.807) is 6.92 Å². The molecule has 2 atom stereocenters. The van der Waals surface area contributed by atoms with Crippen LogP contribution in [0.4, 0.5) is 0 Å². The fourth-order valence-corrected chi connectivity index (χ4v) is 4.05. The molecule has 0 saturated carbocycles. The van der Waals surface area contributed by atoms with E-state index in [1.807, 2.05) is 6.07 Å². The van der Waals surface area contributed by atoms with Gasteiger partial charge in [0.05, 0.1) is 12.7 Å². The first-order valence-electron chi connectivity index (χ1n) is 6.09. The van der Waals surface area contributed by atoms with Crippen molar-refractivity contribution in [2.24, 2.45) is 0 Å². The zero-order valence-electron chi connectivity index (χ0n) is 10.2. The molecule has 2 unspecified atom stereocenters. The van der Waals surface area contributed by atoms with Crippen molar-refractivity contribution in [2.45, 2.75) is 50.3 Å². The van der Waals surface area contributed by atoms with Crippen molar-refractivity contribution in [3.8, 4) is 6.07 Å². The van der Waals surface area contributed by atoms with Crippen molar-refractivity contribution in [2.75, 3.05) is 13.2 Å². The van der Waals surface area contributed by atoms with Crippen molar-refractivity contribution in [1.29, 1.82) is 5.26 Å². The van der Waals surface area contributed by atoms with Gasteiger partial charge in [-0.25, -0.2) is 8.42 Å². The van der Waals surface area contributed by atoms with Gasteiger partial charge in [0.25, 0.3) is 0 Å². The number of nitriles is 1. The molecule has 1 heterocycles. The predicted octanol–water partition coefficient (Wildman–Crippen LogP) is 0.855. The van der Waals surface area contributed by atoms with E-state index in [1.165, 1.54) is 4.31 Å². The summed E-state index contributed by atoms with van der Waals surface area (Å²) in [5, 5.41) is 17.2. The van der Waals surface area contributed by atoms with Crippen molar-refractivity contribution < 1.29 is 13.5 Å². The van der Waals surface area contributed by atoms with E-state index in [-0.39, 0.29) is 19.1 Å². The third-order valence-corrected chi connectivity index (χ3v) is 5.53. The molecule has 0 aromatic carbocycles. The molecule has 0 aromatic rings. The molecule has 1 rings (SSSR count). The number of sulfonamides is 1. The second-order valence-corrected chi connectivity index (χ2v) is 6.44. The van der Waals surface area contributed by atoms with Gasteiger partial charge in [0.15, 0.2) is 5.25 Å². The van der Waals surface area contributed by atoms with Gasteiger partial charge in [-0.15, -0.1) is 0 Å². The molecular formula is C11H20N2O3S. The van der Waals surface area contributed by atoms with Gasteiger partial charge in [0, 0.05) is 12.6 Å². The predicted molar refractivity (Wildman–Crippen MR) is 64.7 cm³/mol. The summed E-state index contributed by atoms with van der Waals surface area (Å²) in [6, 6.07) is 1.49. The summed E-state index contributed by atoms with van der Waals surface area (Å²) < 4.78 is 25.9. The molecule has 5 nitrogen and oxygen atoms in total. The Balaban J connectivity index is 2.97. The lowest BCUT2D eigenvalue weighted by Gasteiger charge is -2.29. The third kappa shape index (κ3) is 3.18. The molecule has 17 heavy (non-hydrogen) atoms. The molecule has 1 aliphatic heterocycles. The van der Waals surface area contributed by atoms with Crippen LogP contribution < -0.4 is 0 Å². The quantitative estimate of drug-likeness (QED) is 0.812. The first-order chi connectivity index (χ1) is 8.07. The van der Waals surface area contributed by atoms with Crippen molar-refractivity contribution in [1.82, 2.24) is 4.31 Å². The molecule has 6 heteroatoms. The summed E-state index contributed by atoms with van der Waals surface area (Å²) in [5.41, 5.74) is 0. The smallest absolute Gasteiger partial charge is 0.230 e. The highest BCUT2D eigenvalue weighted by atomic mass is 32.2. The molecule has 1 fully saturated rings. The Labute approximate surface area is 103 Å². The Morgan fingerprint density at radius 3 is 2.71 bits per heavy atom. The Kier molecular flexibility index (Phi) is 5.37. The van der Waals surface area contributed by atoms with E-state index in [0.717, 1.165) is 19.3 Å². The molecule has 1 N–H and O–H groups in total. The van der Waals surface area contributed by atoms with Gasteiger partial charge in [-0.1, -0.05) is 19.8 Å². The first-order valence-corrected chi connectivity index (χ1v) is 7.59. The fourth-order valence-electron chi connectivity index (χ4n) is 2.20. The Morgan fingerprint density at radius 1 is 1.47 bits per heavy atom. The van der Waals surface area contributed by atoms with Crippen LogP contribution in [0.2, 0.25) is 0 Å². The normalized spacial score (nSPS) is 24.9. The van der Waals surface area contributed by atoms with Gasteiger partial charge in [-0.05, 0) is 19.3 Å². The molecule has 98 valence electrons. The van der Waals surface area contributed by atoms with Crippen LogP contribution in [0.5, 0.6) is 0 Å². The van der Waals surface area contributed by atoms with Crippen LogP contribution in [-0.4, -0.2) is 42.3 Å². The molecule has 0 spiro atoms. The first kappa shape index (κ1) is 14.4. The summed E-state index contributed by atoms with van der Waals surface area (Å²) in [6.45, 7) is 1.95. The SMILES string of the molecule is CCC(C#N)S(=O)(=O)N1CCCCCC1CO. The van der Waals surface area contributed by atoms with Crippen molar-refractivity contribution >= 4 is 10.0 Å². The summed E-state index contributed by atoms with van der Waals surface area (Å²) >= 11 is 0. The minimum Gasteiger partial charge on any atom is -0.395 e. The van der Waals surface area contributed by atoms with E-state index in [4.69, 9.17) is 5.26 Å². The minimum absolute atomic E-state index is 0.166. The Morgan fingerprint density at radius 2 is 2.18 bits per heavy atom. The number of rotatable bonds is 4. The van der Waals surface area contributed by atoms with Crippen LogP contribution in [0.25, 0.3) is 0 Å². The molecule has 0 bridgehead atoms. The maximum Gasteiger partial charge on any atom is 0.230 e. The second kappa shape index (κ2) is 6.34. The lowest BCUT2D eigenvalue weighted by atomic mass is 10.1. The molecule has 0 aromatic heterocycles. The average molecular weight is 260 g/mol. The lowest BCUT2D eigenvalue weighted by molar-refractivity contribution is 0.186. The highest BCUT2D eigenvalue weighted by molar-refractivity contribution is 7.90. The number of hydrogen-bond acceptors (Lipinski definition) is 4. The maximum atomic E-state index is 12.3. The van der Waals surface area contributed by atoms with Gasteiger partial charge in [-0.3, -0.25) is 0 Å². The number of hydrogen-bond donors (Lipinski definition) is 1. The molecule has 0 radical (unpaired) electrons. The largest absolute Gasteiger partial charge is 0.395 e. The molecule has 0 amide bonds. The van der Waals surface area contributed by atoms with E-state index in [9.17, 15) is 13.5 Å². The zero-order chi connectivity index (χ0) is 12.9. The van der Waals surface area contributed by atoms with Gasteiger partial charge >= 0.3 is 0 Å². The number of aliphatic hydroxyl groups excluding tert-OH is 1. The van der Waals surface area contributed by atoms with E-state index in [0.29, 0.717) is 13.0 Å². The monoisotopic (exact) mass is 260 g/mol. The number of aliphatic hydroxyl groups is 1. The summed E-state index contributed by atoms with van der Waals surface area (Å²) in [7, 11) is -3.60. The van der Waals surface area contributed by atoms with Crippen LogP contribution >= 0.6 is 0 Å². The zero-order valence-corrected chi connectivity index (χ0v) is 11.0. The van der Waals surface area contributed by atoms with E-state index < -0.39 is 15.3 Å². The van der Waals surface area contributed by atoms with Crippen LogP contribution in [0, 0.1) is 11.3 Å². The Hall–Kier alpha value is -0.640. The van der Waals surface area contributed by atoms with Crippen LogP contribution in [-0.2, 0) is 10.0 Å². The van der Waals surface area contributed by atoms with Crippen molar-refractivity contribution in [3.05, 3.63) is 0 Å². The topological polar surface area (TPSA) is 81.4 Å². The third-order valence-electron chi connectivity index (χ3n) is 3.24. The van der Waals surface area contributed by atoms with E-state index in [2.05, 4.69) is 0 Å². The van der Waals surface area contributed by atoms with Crippen LogP contribution in [0.3, 0.4) is 0 Å². The van der Waals surface area contributed by atoms with Crippen molar-refractivity contribution in [3.63, 3.8) is 0 Å². The molecule has 1 saturated heterocycles.